The molecule has 0 bridgehead atoms. The van der Waals surface area contributed by atoms with E-state index in [2.05, 4.69) is 10.5 Å². The smallest absolute Gasteiger partial charge is 0.240 e. The Kier molecular flexibility index (Phi) is 9.01. The monoisotopic (exact) mass is 434 g/mol. The first kappa shape index (κ1) is 22.4. The van der Waals surface area contributed by atoms with Crippen LogP contribution in [-0.4, -0.2) is 24.5 Å². The van der Waals surface area contributed by atoms with Gasteiger partial charge in [0.05, 0.1) is 12.8 Å². The minimum Gasteiger partial charge on any atom is -0.490 e. The molecule has 0 spiro atoms. The van der Waals surface area contributed by atoms with Crippen LogP contribution in [0.4, 0.5) is 0 Å². The highest BCUT2D eigenvalue weighted by Gasteiger charge is 2.07. The lowest BCUT2D eigenvalue weighted by molar-refractivity contribution is -0.120. The fourth-order valence-electron chi connectivity index (χ4n) is 2.74. The summed E-state index contributed by atoms with van der Waals surface area (Å²) < 4.78 is 11.6. The van der Waals surface area contributed by atoms with E-state index in [1.165, 1.54) is 0 Å². The third kappa shape index (κ3) is 7.83. The fourth-order valence-corrected chi connectivity index (χ4v) is 3.61. The van der Waals surface area contributed by atoms with E-state index in [-0.39, 0.29) is 5.91 Å². The highest BCUT2D eigenvalue weighted by atomic mass is 32.2. The van der Waals surface area contributed by atoms with E-state index in [0.717, 1.165) is 16.0 Å². The van der Waals surface area contributed by atoms with Crippen LogP contribution >= 0.6 is 11.8 Å². The van der Waals surface area contributed by atoms with Crippen LogP contribution in [0.1, 0.15) is 24.5 Å². The second-order valence-corrected chi connectivity index (χ2v) is 7.79. The molecule has 0 aliphatic heterocycles. The lowest BCUT2D eigenvalue weighted by Gasteiger charge is -2.12. The Bertz CT molecular complexity index is 979. The van der Waals surface area contributed by atoms with Crippen molar-refractivity contribution >= 4 is 23.9 Å². The first-order valence-electron chi connectivity index (χ1n) is 10.2. The van der Waals surface area contributed by atoms with Gasteiger partial charge in [0.25, 0.3) is 0 Å². The zero-order valence-electron chi connectivity index (χ0n) is 17.5. The van der Waals surface area contributed by atoms with Gasteiger partial charge in [-0.1, -0.05) is 48.5 Å². The van der Waals surface area contributed by atoms with Gasteiger partial charge in [0.1, 0.15) is 6.61 Å². The van der Waals surface area contributed by atoms with Gasteiger partial charge in [-0.15, -0.1) is 11.8 Å². The summed E-state index contributed by atoms with van der Waals surface area (Å²) in [6.45, 7) is 2.92. The Morgan fingerprint density at radius 1 is 0.968 bits per heavy atom. The van der Waals surface area contributed by atoms with E-state index < -0.39 is 0 Å². The molecule has 0 aliphatic rings. The molecule has 3 aromatic rings. The summed E-state index contributed by atoms with van der Waals surface area (Å²) in [5.74, 6) is 1.90. The van der Waals surface area contributed by atoms with Gasteiger partial charge < -0.3 is 9.47 Å². The SMILES string of the molecule is CCOc1cc(/C=N\NC(=O)CCSc2ccccc2)ccc1OCc1ccccc1. The molecule has 5 nitrogen and oxygen atoms in total. The van der Waals surface area contributed by atoms with Crippen molar-refractivity contribution in [1.82, 2.24) is 5.43 Å². The topological polar surface area (TPSA) is 59.9 Å². The number of hydrogen-bond acceptors (Lipinski definition) is 5. The van der Waals surface area contributed by atoms with Gasteiger partial charge in [-0.05, 0) is 48.4 Å². The summed E-state index contributed by atoms with van der Waals surface area (Å²) in [7, 11) is 0. The number of nitrogens with zero attached hydrogens (tertiary/aromatic N) is 1. The largest absolute Gasteiger partial charge is 0.490 e. The van der Waals surface area contributed by atoms with Crippen molar-refractivity contribution in [2.45, 2.75) is 24.8 Å². The molecular weight excluding hydrogens is 408 g/mol. The van der Waals surface area contributed by atoms with E-state index in [9.17, 15) is 4.79 Å². The number of thioether (sulfide) groups is 1. The van der Waals surface area contributed by atoms with Gasteiger partial charge in [0.15, 0.2) is 11.5 Å². The fraction of sp³-hybridized carbons (Fsp3) is 0.200. The average molecular weight is 435 g/mol. The molecule has 1 amide bonds. The molecule has 0 saturated carbocycles. The van der Waals surface area contributed by atoms with E-state index >= 15 is 0 Å². The van der Waals surface area contributed by atoms with Crippen LogP contribution in [0, 0.1) is 0 Å². The number of carbonyl (C=O) groups excluding carboxylic acids is 1. The van der Waals surface area contributed by atoms with Crippen LogP contribution in [0.2, 0.25) is 0 Å². The molecule has 3 rings (SSSR count). The molecule has 0 radical (unpaired) electrons. The second kappa shape index (κ2) is 12.4. The summed E-state index contributed by atoms with van der Waals surface area (Å²) >= 11 is 1.65. The van der Waals surface area contributed by atoms with Gasteiger partial charge in [-0.2, -0.15) is 5.10 Å². The first-order valence-corrected chi connectivity index (χ1v) is 11.2. The Balaban J connectivity index is 1.50. The van der Waals surface area contributed by atoms with E-state index in [1.54, 1.807) is 18.0 Å². The number of nitrogens with one attached hydrogen (secondary N) is 1. The second-order valence-electron chi connectivity index (χ2n) is 6.62. The molecule has 0 atom stereocenters. The molecule has 0 unspecified atom stereocenters. The standard InChI is InChI=1S/C25H26N2O3S/c1-2-29-24-17-21(13-14-23(24)30-19-20-9-5-3-6-10-20)18-26-27-25(28)15-16-31-22-11-7-4-8-12-22/h3-14,17-18H,2,15-16,19H2,1H3,(H,27,28)/b26-18-. The van der Waals surface area contributed by atoms with Gasteiger partial charge in [0, 0.05) is 17.1 Å². The zero-order valence-corrected chi connectivity index (χ0v) is 18.3. The maximum atomic E-state index is 12.0. The summed E-state index contributed by atoms with van der Waals surface area (Å²) in [6, 6.07) is 25.6. The Morgan fingerprint density at radius 2 is 1.71 bits per heavy atom. The predicted octanol–water partition coefficient (Wildman–Crippen LogP) is 5.30. The minimum atomic E-state index is -0.118. The van der Waals surface area contributed by atoms with E-state index in [4.69, 9.17) is 9.47 Å². The maximum absolute atomic E-state index is 12.0. The molecular formula is C25H26N2O3S. The number of amides is 1. The highest BCUT2D eigenvalue weighted by Crippen LogP contribution is 2.29. The Hall–Kier alpha value is -3.25. The van der Waals surface area contributed by atoms with Crippen LogP contribution in [0.3, 0.4) is 0 Å². The van der Waals surface area contributed by atoms with Gasteiger partial charge in [-0.3, -0.25) is 4.79 Å². The molecule has 31 heavy (non-hydrogen) atoms. The van der Waals surface area contributed by atoms with Crippen LogP contribution in [0.5, 0.6) is 11.5 Å². The van der Waals surface area contributed by atoms with E-state index in [0.29, 0.717) is 36.9 Å². The average Bonchev–Trinajstić information content (AvgIpc) is 2.80. The molecule has 6 heteroatoms. The predicted molar refractivity (Wildman–Crippen MR) is 126 cm³/mol. The third-order valence-corrected chi connectivity index (χ3v) is 5.26. The lowest BCUT2D eigenvalue weighted by Crippen LogP contribution is -2.17. The Morgan fingerprint density at radius 3 is 2.45 bits per heavy atom. The number of benzene rings is 3. The summed E-state index contributed by atoms with van der Waals surface area (Å²) in [6.07, 6.45) is 2.00. The number of hydrogen-bond donors (Lipinski definition) is 1. The molecule has 160 valence electrons. The summed E-state index contributed by atoms with van der Waals surface area (Å²) in [5.41, 5.74) is 4.48. The van der Waals surface area contributed by atoms with Crippen LogP contribution in [-0.2, 0) is 11.4 Å². The molecule has 0 saturated heterocycles. The van der Waals surface area contributed by atoms with E-state index in [1.807, 2.05) is 85.8 Å². The first-order chi connectivity index (χ1) is 15.2. The third-order valence-electron chi connectivity index (χ3n) is 4.25. The van der Waals surface area contributed by atoms with Crippen molar-refractivity contribution in [3.05, 3.63) is 90.0 Å². The number of ether oxygens (including phenoxy) is 2. The summed E-state index contributed by atoms with van der Waals surface area (Å²) in [4.78, 5) is 13.1. The highest BCUT2D eigenvalue weighted by molar-refractivity contribution is 7.99. The minimum absolute atomic E-state index is 0.118. The van der Waals surface area contributed by atoms with Gasteiger partial charge in [-0.25, -0.2) is 5.43 Å². The lowest BCUT2D eigenvalue weighted by atomic mass is 10.2. The molecule has 0 aromatic heterocycles. The van der Waals surface area contributed by atoms with Crippen LogP contribution in [0.15, 0.2) is 88.9 Å². The van der Waals surface area contributed by atoms with Crippen LogP contribution < -0.4 is 14.9 Å². The molecule has 3 aromatic carbocycles. The van der Waals surface area contributed by atoms with Crippen molar-refractivity contribution in [3.63, 3.8) is 0 Å². The zero-order chi connectivity index (χ0) is 21.7. The van der Waals surface area contributed by atoms with Gasteiger partial charge in [0.2, 0.25) is 5.91 Å². The van der Waals surface area contributed by atoms with Crippen molar-refractivity contribution in [1.29, 1.82) is 0 Å². The Labute approximate surface area is 187 Å². The van der Waals surface area contributed by atoms with Crippen molar-refractivity contribution in [3.8, 4) is 11.5 Å². The molecule has 0 aliphatic carbocycles. The molecule has 1 N–H and O–H groups in total. The number of carbonyl (C=O) groups is 1. The van der Waals surface area contributed by atoms with Crippen molar-refractivity contribution in [2.24, 2.45) is 5.10 Å². The van der Waals surface area contributed by atoms with Crippen molar-refractivity contribution < 1.29 is 14.3 Å². The molecule has 0 heterocycles. The number of rotatable bonds is 11. The normalized spacial score (nSPS) is 10.7. The maximum Gasteiger partial charge on any atom is 0.240 e. The van der Waals surface area contributed by atoms with Crippen LogP contribution in [0.25, 0.3) is 0 Å². The van der Waals surface area contributed by atoms with Crippen molar-refractivity contribution in [2.75, 3.05) is 12.4 Å². The van der Waals surface area contributed by atoms with Gasteiger partial charge >= 0.3 is 0 Å². The molecule has 0 fully saturated rings. The quantitative estimate of drug-likeness (QED) is 0.253. The summed E-state index contributed by atoms with van der Waals surface area (Å²) in [5, 5.41) is 4.06. The number of hydrazone groups is 1.